The van der Waals surface area contributed by atoms with Gasteiger partial charge in [-0.1, -0.05) is 28.8 Å². The molecule has 0 bridgehead atoms. The molecule has 116 valence electrons. The largest absolute Gasteiger partial charge is 0.478 e. The maximum atomic E-state index is 14.2. The zero-order valence-electron chi connectivity index (χ0n) is 11.3. The molecule has 0 aliphatic heterocycles. The van der Waals surface area contributed by atoms with E-state index in [4.69, 9.17) is 5.11 Å². The standard InChI is InChI=1S/C13H15BrFNO4S/c1-13(4-2-3-5-13)16-21(19,20)10-7-8(14)6-9(11(10)15)12(17)18/h6-7,16H,2-5H2,1H3,(H,17,18). The fourth-order valence-corrected chi connectivity index (χ4v) is 4.75. The third-order valence-corrected chi connectivity index (χ3v) is 5.71. The lowest BCUT2D eigenvalue weighted by Crippen LogP contribution is -2.43. The Morgan fingerprint density at radius 3 is 2.48 bits per heavy atom. The molecule has 1 aromatic carbocycles. The van der Waals surface area contributed by atoms with E-state index in [0.29, 0.717) is 12.8 Å². The van der Waals surface area contributed by atoms with Crippen LogP contribution in [0.1, 0.15) is 43.0 Å². The van der Waals surface area contributed by atoms with E-state index in [2.05, 4.69) is 20.7 Å². The molecule has 1 fully saturated rings. The van der Waals surface area contributed by atoms with Crippen molar-refractivity contribution in [1.82, 2.24) is 4.72 Å². The lowest BCUT2D eigenvalue weighted by Gasteiger charge is -2.25. The summed E-state index contributed by atoms with van der Waals surface area (Å²) in [6.45, 7) is 1.77. The normalized spacial score (nSPS) is 17.9. The highest BCUT2D eigenvalue weighted by molar-refractivity contribution is 9.10. The zero-order valence-corrected chi connectivity index (χ0v) is 13.7. The summed E-state index contributed by atoms with van der Waals surface area (Å²) in [7, 11) is -4.13. The average Bonchev–Trinajstić information content (AvgIpc) is 2.76. The number of rotatable bonds is 4. The van der Waals surface area contributed by atoms with E-state index in [9.17, 15) is 17.6 Å². The first-order valence-corrected chi connectivity index (χ1v) is 8.69. The highest BCUT2D eigenvalue weighted by Gasteiger charge is 2.35. The van der Waals surface area contributed by atoms with Crippen molar-refractivity contribution in [2.75, 3.05) is 0 Å². The zero-order chi connectivity index (χ0) is 15.8. The molecule has 21 heavy (non-hydrogen) atoms. The molecule has 5 nitrogen and oxygen atoms in total. The van der Waals surface area contributed by atoms with Gasteiger partial charge in [-0.3, -0.25) is 0 Å². The number of carboxylic acid groups (broad SMARTS) is 1. The number of carbonyl (C=O) groups is 1. The van der Waals surface area contributed by atoms with Gasteiger partial charge >= 0.3 is 5.97 Å². The average molecular weight is 380 g/mol. The van der Waals surface area contributed by atoms with Crippen LogP contribution >= 0.6 is 15.9 Å². The second-order valence-corrected chi connectivity index (χ2v) is 8.01. The smallest absolute Gasteiger partial charge is 0.338 e. The molecule has 2 rings (SSSR count). The lowest BCUT2D eigenvalue weighted by molar-refractivity contribution is 0.0691. The van der Waals surface area contributed by atoms with Crippen LogP contribution in [0.3, 0.4) is 0 Å². The first kappa shape index (κ1) is 16.4. The summed E-state index contributed by atoms with van der Waals surface area (Å²) in [6.07, 6.45) is 3.15. The Kier molecular flexibility index (Phi) is 4.41. The number of sulfonamides is 1. The van der Waals surface area contributed by atoms with Gasteiger partial charge in [0.15, 0.2) is 5.82 Å². The molecule has 0 radical (unpaired) electrons. The summed E-state index contributed by atoms with van der Waals surface area (Å²) in [5, 5.41) is 8.94. The van der Waals surface area contributed by atoms with E-state index in [1.807, 2.05) is 0 Å². The number of hydrogen-bond donors (Lipinski definition) is 2. The maximum absolute atomic E-state index is 14.2. The van der Waals surface area contributed by atoms with Gasteiger partial charge in [0.1, 0.15) is 4.90 Å². The van der Waals surface area contributed by atoms with Crippen LogP contribution in [-0.4, -0.2) is 25.0 Å². The van der Waals surface area contributed by atoms with Crippen LogP contribution < -0.4 is 4.72 Å². The minimum absolute atomic E-state index is 0.193. The molecule has 0 heterocycles. The van der Waals surface area contributed by atoms with Crippen LogP contribution in [0.2, 0.25) is 0 Å². The molecule has 1 aromatic rings. The highest BCUT2D eigenvalue weighted by atomic mass is 79.9. The van der Waals surface area contributed by atoms with Gasteiger partial charge in [-0.2, -0.15) is 0 Å². The Morgan fingerprint density at radius 2 is 1.95 bits per heavy atom. The third-order valence-electron chi connectivity index (χ3n) is 3.61. The molecule has 0 atom stereocenters. The van der Waals surface area contributed by atoms with Gasteiger partial charge in [0.05, 0.1) is 5.56 Å². The predicted molar refractivity (Wildman–Crippen MR) is 78.3 cm³/mol. The highest BCUT2D eigenvalue weighted by Crippen LogP contribution is 2.32. The van der Waals surface area contributed by atoms with E-state index in [-0.39, 0.29) is 4.47 Å². The number of hydrogen-bond acceptors (Lipinski definition) is 3. The molecule has 0 aromatic heterocycles. The molecule has 8 heteroatoms. The second kappa shape index (κ2) is 5.66. The summed E-state index contributed by atoms with van der Waals surface area (Å²) < 4.78 is 41.6. The van der Waals surface area contributed by atoms with Crippen LogP contribution in [-0.2, 0) is 10.0 Å². The number of carboxylic acids is 1. The molecule has 1 aliphatic carbocycles. The monoisotopic (exact) mass is 379 g/mol. The van der Waals surface area contributed by atoms with E-state index >= 15 is 0 Å². The van der Waals surface area contributed by atoms with Crippen LogP contribution in [0.5, 0.6) is 0 Å². The molecule has 0 unspecified atom stereocenters. The number of halogens is 2. The molecular weight excluding hydrogens is 365 g/mol. The van der Waals surface area contributed by atoms with Crippen LogP contribution in [0.15, 0.2) is 21.5 Å². The molecular formula is C13H15BrFNO4S. The molecule has 1 aliphatic rings. The van der Waals surface area contributed by atoms with E-state index in [1.54, 1.807) is 6.92 Å². The maximum Gasteiger partial charge on any atom is 0.338 e. The van der Waals surface area contributed by atoms with Crippen molar-refractivity contribution in [3.63, 3.8) is 0 Å². The summed E-state index contributed by atoms with van der Waals surface area (Å²) in [5.74, 6) is -2.77. The Bertz CT molecular complexity index is 684. The van der Waals surface area contributed by atoms with Gasteiger partial charge in [-0.15, -0.1) is 0 Å². The Morgan fingerprint density at radius 1 is 1.38 bits per heavy atom. The van der Waals surface area contributed by atoms with Gasteiger partial charge in [0.25, 0.3) is 0 Å². The minimum Gasteiger partial charge on any atom is -0.478 e. The topological polar surface area (TPSA) is 83.5 Å². The summed E-state index contributed by atoms with van der Waals surface area (Å²) in [5.41, 5.74) is -1.29. The number of aromatic carboxylic acids is 1. The molecule has 0 amide bonds. The van der Waals surface area contributed by atoms with Crippen molar-refractivity contribution < 1.29 is 22.7 Å². The minimum atomic E-state index is -4.13. The molecule has 2 N–H and O–H groups in total. The van der Waals surface area contributed by atoms with E-state index in [0.717, 1.165) is 25.0 Å². The molecule has 0 spiro atoms. The second-order valence-electron chi connectivity index (χ2n) is 5.44. The van der Waals surface area contributed by atoms with Gasteiger partial charge in [-0.25, -0.2) is 22.3 Å². The fourth-order valence-electron chi connectivity index (χ4n) is 2.55. The van der Waals surface area contributed by atoms with Crippen LogP contribution in [0, 0.1) is 5.82 Å². The fraction of sp³-hybridized carbons (Fsp3) is 0.462. The van der Waals surface area contributed by atoms with Crippen molar-refractivity contribution >= 4 is 31.9 Å². The van der Waals surface area contributed by atoms with Crippen LogP contribution in [0.4, 0.5) is 4.39 Å². The number of benzene rings is 1. The molecule has 0 saturated heterocycles. The summed E-state index contributed by atoms with van der Waals surface area (Å²) in [6, 6.07) is 2.11. The van der Waals surface area contributed by atoms with Crippen molar-refractivity contribution in [3.05, 3.63) is 28.0 Å². The summed E-state index contributed by atoms with van der Waals surface area (Å²) >= 11 is 3.01. The Hall–Kier alpha value is -0.990. The predicted octanol–water partition coefficient (Wildman–Crippen LogP) is 2.90. The first-order chi connectivity index (χ1) is 9.65. The number of nitrogens with one attached hydrogen (secondary N) is 1. The SMILES string of the molecule is CC1(NS(=O)(=O)c2cc(Br)cc(C(=O)O)c2F)CCCC1. The van der Waals surface area contributed by atoms with Crippen molar-refractivity contribution in [1.29, 1.82) is 0 Å². The van der Waals surface area contributed by atoms with E-state index < -0.39 is 37.8 Å². The van der Waals surface area contributed by atoms with Gasteiger partial charge in [0, 0.05) is 10.0 Å². The third kappa shape index (κ3) is 3.44. The van der Waals surface area contributed by atoms with Crippen molar-refractivity contribution in [2.24, 2.45) is 0 Å². The first-order valence-electron chi connectivity index (χ1n) is 6.41. The quantitative estimate of drug-likeness (QED) is 0.842. The van der Waals surface area contributed by atoms with E-state index in [1.165, 1.54) is 0 Å². The van der Waals surface area contributed by atoms with Gasteiger partial charge < -0.3 is 5.11 Å². The van der Waals surface area contributed by atoms with Crippen molar-refractivity contribution in [2.45, 2.75) is 43.0 Å². The summed E-state index contributed by atoms with van der Waals surface area (Å²) in [4.78, 5) is 10.3. The molecule has 1 saturated carbocycles. The Balaban J connectivity index is 2.47. The van der Waals surface area contributed by atoms with Crippen LogP contribution in [0.25, 0.3) is 0 Å². The van der Waals surface area contributed by atoms with Crippen molar-refractivity contribution in [3.8, 4) is 0 Å². The van der Waals surface area contributed by atoms with Gasteiger partial charge in [0.2, 0.25) is 10.0 Å². The Labute approximate surface area is 130 Å². The lowest BCUT2D eigenvalue weighted by atomic mass is 10.0. The van der Waals surface area contributed by atoms with Gasteiger partial charge in [-0.05, 0) is 31.9 Å².